The molecule has 2 fully saturated rings. The Morgan fingerprint density at radius 2 is 1.76 bits per heavy atom. The fourth-order valence-corrected chi connectivity index (χ4v) is 3.01. The second kappa shape index (κ2) is 6.39. The first kappa shape index (κ1) is 12.9. The average molecular weight is 237 g/mol. The van der Waals surface area contributed by atoms with E-state index in [-0.39, 0.29) is 0 Å². The molecule has 2 aliphatic rings. The van der Waals surface area contributed by atoms with Gasteiger partial charge >= 0.3 is 0 Å². The summed E-state index contributed by atoms with van der Waals surface area (Å²) in [5, 5.41) is 0. The Morgan fingerprint density at radius 3 is 2.41 bits per heavy atom. The van der Waals surface area contributed by atoms with Crippen molar-refractivity contribution in [1.82, 2.24) is 4.90 Å². The van der Waals surface area contributed by atoms with E-state index in [2.05, 4.69) is 16.9 Å². The quantitative estimate of drug-likeness (QED) is 0.604. The van der Waals surface area contributed by atoms with Crippen molar-refractivity contribution in [3.05, 3.63) is 0 Å². The summed E-state index contributed by atoms with van der Waals surface area (Å²) in [4.78, 5) is 7.08. The number of hydrogen-bond donors (Lipinski definition) is 1. The van der Waals surface area contributed by atoms with Crippen molar-refractivity contribution in [2.45, 2.75) is 44.9 Å². The maximum absolute atomic E-state index is 6.13. The molecular formula is C14H27N3. The highest BCUT2D eigenvalue weighted by Gasteiger charge is 2.19. The van der Waals surface area contributed by atoms with Gasteiger partial charge in [-0.15, -0.1) is 0 Å². The highest BCUT2D eigenvalue weighted by molar-refractivity contribution is 5.82. The SMILES string of the molecule is CN1CCC(CN=C(N)C2CCCCC2)CC1. The first-order chi connectivity index (χ1) is 8.25. The molecule has 0 bridgehead atoms. The van der Waals surface area contributed by atoms with Crippen LogP contribution in [0.2, 0.25) is 0 Å². The van der Waals surface area contributed by atoms with Crippen molar-refractivity contribution < 1.29 is 0 Å². The predicted molar refractivity (Wildman–Crippen MR) is 73.3 cm³/mol. The third-order valence-corrected chi connectivity index (χ3v) is 4.39. The van der Waals surface area contributed by atoms with Gasteiger partial charge in [0.05, 0.1) is 5.84 Å². The minimum Gasteiger partial charge on any atom is -0.387 e. The summed E-state index contributed by atoms with van der Waals surface area (Å²) >= 11 is 0. The van der Waals surface area contributed by atoms with Crippen LogP contribution in [0.5, 0.6) is 0 Å². The Hall–Kier alpha value is -0.570. The van der Waals surface area contributed by atoms with Crippen molar-refractivity contribution in [3.8, 4) is 0 Å². The molecule has 1 aliphatic heterocycles. The molecule has 2 N–H and O–H groups in total. The first-order valence-electron chi connectivity index (χ1n) is 7.24. The van der Waals surface area contributed by atoms with E-state index in [0.717, 1.165) is 18.3 Å². The number of amidine groups is 1. The van der Waals surface area contributed by atoms with E-state index in [1.165, 1.54) is 58.0 Å². The summed E-state index contributed by atoms with van der Waals surface area (Å²) in [5.41, 5.74) is 6.13. The molecule has 17 heavy (non-hydrogen) atoms. The van der Waals surface area contributed by atoms with Crippen molar-refractivity contribution in [3.63, 3.8) is 0 Å². The van der Waals surface area contributed by atoms with Gasteiger partial charge in [-0.05, 0) is 51.7 Å². The van der Waals surface area contributed by atoms with Gasteiger partial charge in [0.2, 0.25) is 0 Å². The zero-order valence-corrected chi connectivity index (χ0v) is 11.2. The summed E-state index contributed by atoms with van der Waals surface area (Å²) < 4.78 is 0. The summed E-state index contributed by atoms with van der Waals surface area (Å²) in [5.74, 6) is 2.31. The number of piperidine rings is 1. The van der Waals surface area contributed by atoms with E-state index in [1.54, 1.807) is 0 Å². The Kier molecular flexibility index (Phi) is 4.84. The monoisotopic (exact) mass is 237 g/mol. The third-order valence-electron chi connectivity index (χ3n) is 4.39. The van der Waals surface area contributed by atoms with E-state index >= 15 is 0 Å². The lowest BCUT2D eigenvalue weighted by atomic mass is 9.88. The minimum atomic E-state index is 0.593. The number of hydrogen-bond acceptors (Lipinski definition) is 2. The molecule has 1 aliphatic carbocycles. The van der Waals surface area contributed by atoms with E-state index < -0.39 is 0 Å². The molecule has 3 heteroatoms. The molecule has 0 atom stereocenters. The van der Waals surface area contributed by atoms with E-state index in [0.29, 0.717) is 5.92 Å². The standard InChI is InChI=1S/C14H27N3/c1-17-9-7-12(8-10-17)11-16-14(15)13-5-3-2-4-6-13/h12-13H,2-11H2,1H3,(H2,15,16). The molecule has 1 heterocycles. The third kappa shape index (κ3) is 3.98. The van der Waals surface area contributed by atoms with Crippen molar-refractivity contribution >= 4 is 5.84 Å². The second-order valence-electron chi connectivity index (χ2n) is 5.85. The van der Waals surface area contributed by atoms with E-state index in [1.807, 2.05) is 0 Å². The minimum absolute atomic E-state index is 0.593. The predicted octanol–water partition coefficient (Wildman–Crippen LogP) is 2.27. The molecule has 3 nitrogen and oxygen atoms in total. The number of likely N-dealkylation sites (tertiary alicyclic amines) is 1. The van der Waals surface area contributed by atoms with Gasteiger partial charge < -0.3 is 10.6 Å². The Balaban J connectivity index is 1.75. The second-order valence-corrected chi connectivity index (χ2v) is 5.85. The molecule has 2 rings (SSSR count). The normalized spacial score (nSPS) is 26.3. The molecule has 0 spiro atoms. The van der Waals surface area contributed by atoms with Crippen molar-refractivity contribution in [2.24, 2.45) is 22.6 Å². The molecule has 98 valence electrons. The lowest BCUT2D eigenvalue weighted by Crippen LogP contribution is -2.32. The van der Waals surface area contributed by atoms with E-state index in [4.69, 9.17) is 5.73 Å². The van der Waals surface area contributed by atoms with Gasteiger partial charge in [-0.1, -0.05) is 19.3 Å². The van der Waals surface area contributed by atoms with Crippen LogP contribution in [0, 0.1) is 11.8 Å². The Labute approximate surface area is 105 Å². The molecule has 1 saturated heterocycles. The summed E-state index contributed by atoms with van der Waals surface area (Å²) in [7, 11) is 2.20. The molecule has 0 radical (unpaired) electrons. The molecular weight excluding hydrogens is 210 g/mol. The number of rotatable bonds is 3. The zero-order valence-electron chi connectivity index (χ0n) is 11.2. The molecule has 0 aromatic heterocycles. The van der Waals surface area contributed by atoms with Gasteiger partial charge in [0.25, 0.3) is 0 Å². The smallest absolute Gasteiger partial charge is 0.0968 e. The van der Waals surface area contributed by atoms with Crippen LogP contribution in [0.15, 0.2) is 4.99 Å². The fraction of sp³-hybridized carbons (Fsp3) is 0.929. The summed E-state index contributed by atoms with van der Waals surface area (Å²) in [6.45, 7) is 3.42. The van der Waals surface area contributed by atoms with Gasteiger partial charge in [-0.25, -0.2) is 0 Å². The van der Waals surface area contributed by atoms with Crippen LogP contribution in [0.4, 0.5) is 0 Å². The first-order valence-corrected chi connectivity index (χ1v) is 7.24. The molecule has 0 unspecified atom stereocenters. The van der Waals surface area contributed by atoms with Crippen LogP contribution in [0.1, 0.15) is 44.9 Å². The van der Waals surface area contributed by atoms with Gasteiger partial charge in [-0.2, -0.15) is 0 Å². The molecule has 0 amide bonds. The summed E-state index contributed by atoms with van der Waals surface area (Å²) in [6, 6.07) is 0. The van der Waals surface area contributed by atoms with Crippen LogP contribution in [0.3, 0.4) is 0 Å². The number of nitrogens with two attached hydrogens (primary N) is 1. The van der Waals surface area contributed by atoms with Crippen molar-refractivity contribution in [2.75, 3.05) is 26.7 Å². The molecule has 0 aromatic rings. The van der Waals surface area contributed by atoms with Gasteiger partial charge in [0.1, 0.15) is 0 Å². The lowest BCUT2D eigenvalue weighted by molar-refractivity contribution is 0.223. The largest absolute Gasteiger partial charge is 0.387 e. The maximum Gasteiger partial charge on any atom is 0.0968 e. The Morgan fingerprint density at radius 1 is 1.12 bits per heavy atom. The maximum atomic E-state index is 6.13. The van der Waals surface area contributed by atoms with Crippen LogP contribution in [-0.4, -0.2) is 37.4 Å². The van der Waals surface area contributed by atoms with Gasteiger partial charge in [0.15, 0.2) is 0 Å². The summed E-state index contributed by atoms with van der Waals surface area (Å²) in [6.07, 6.45) is 9.18. The number of nitrogens with zero attached hydrogens (tertiary/aromatic N) is 2. The van der Waals surface area contributed by atoms with Crippen LogP contribution < -0.4 is 5.73 Å². The highest BCUT2D eigenvalue weighted by Crippen LogP contribution is 2.24. The highest BCUT2D eigenvalue weighted by atomic mass is 15.1. The average Bonchev–Trinajstić information content (AvgIpc) is 2.39. The zero-order chi connectivity index (χ0) is 12.1. The number of aliphatic imine (C=N–C) groups is 1. The van der Waals surface area contributed by atoms with Gasteiger partial charge in [0, 0.05) is 12.5 Å². The molecule has 0 aromatic carbocycles. The Bertz CT molecular complexity index is 248. The van der Waals surface area contributed by atoms with Crippen LogP contribution in [-0.2, 0) is 0 Å². The van der Waals surface area contributed by atoms with E-state index in [9.17, 15) is 0 Å². The van der Waals surface area contributed by atoms with Gasteiger partial charge in [-0.3, -0.25) is 4.99 Å². The van der Waals surface area contributed by atoms with Crippen molar-refractivity contribution in [1.29, 1.82) is 0 Å². The van der Waals surface area contributed by atoms with Crippen LogP contribution >= 0.6 is 0 Å². The fourth-order valence-electron chi connectivity index (χ4n) is 3.01. The lowest BCUT2D eigenvalue weighted by Gasteiger charge is -2.28. The van der Waals surface area contributed by atoms with Crippen LogP contribution in [0.25, 0.3) is 0 Å². The molecule has 1 saturated carbocycles. The topological polar surface area (TPSA) is 41.6 Å².